The Hall–Kier alpha value is -2.67. The van der Waals surface area contributed by atoms with Crippen LogP contribution in [0, 0.1) is 0 Å². The molecule has 2 aromatic rings. The minimum absolute atomic E-state index is 0.204. The lowest BCUT2D eigenvalue weighted by Crippen LogP contribution is -2.35. The van der Waals surface area contributed by atoms with Crippen molar-refractivity contribution in [2.75, 3.05) is 24.3 Å². The molecule has 0 radical (unpaired) electrons. The van der Waals surface area contributed by atoms with Gasteiger partial charge in [-0.3, -0.25) is 10.1 Å². The Kier molecular flexibility index (Phi) is 8.51. The third-order valence-corrected chi connectivity index (χ3v) is 4.40. The fourth-order valence-corrected chi connectivity index (χ4v) is 3.08. The number of ether oxygens (including phenoxy) is 2. The van der Waals surface area contributed by atoms with Gasteiger partial charge < -0.3 is 14.8 Å². The molecule has 0 aliphatic carbocycles. The summed E-state index contributed by atoms with van der Waals surface area (Å²) in [7, 11) is 0. The Morgan fingerprint density at radius 3 is 2.37 bits per heavy atom. The minimum atomic E-state index is -0.577. The molecule has 0 aliphatic rings. The highest BCUT2D eigenvalue weighted by Crippen LogP contribution is 2.30. The van der Waals surface area contributed by atoms with Crippen molar-refractivity contribution in [2.24, 2.45) is 0 Å². The number of carbonyl (C=O) groups is 2. The third kappa shape index (κ3) is 7.22. The van der Waals surface area contributed by atoms with Crippen molar-refractivity contribution >= 4 is 29.4 Å². The molecule has 0 unspecified atom stereocenters. The fourth-order valence-electron chi connectivity index (χ4n) is 2.29. The Bertz CT molecular complexity index is 753. The Labute approximate surface area is 163 Å². The van der Waals surface area contributed by atoms with E-state index in [0.29, 0.717) is 36.2 Å². The molecule has 144 valence electrons. The van der Waals surface area contributed by atoms with Gasteiger partial charge in [0.05, 0.1) is 19.0 Å². The molecule has 2 aromatic carbocycles. The molecule has 3 amide bonds. The average molecular weight is 388 g/mol. The maximum Gasteiger partial charge on any atom is 0.325 e. The molecule has 0 saturated carbocycles. The molecule has 0 aliphatic heterocycles. The monoisotopic (exact) mass is 388 g/mol. The number of urea groups is 1. The highest BCUT2D eigenvalue weighted by Gasteiger charge is 2.11. The molecule has 0 atom stereocenters. The van der Waals surface area contributed by atoms with E-state index in [-0.39, 0.29) is 11.7 Å². The molecule has 0 saturated heterocycles. The predicted molar refractivity (Wildman–Crippen MR) is 109 cm³/mol. The first-order chi connectivity index (χ1) is 13.1. The maximum atomic E-state index is 12.0. The van der Waals surface area contributed by atoms with Gasteiger partial charge in [0.15, 0.2) is 11.5 Å². The Balaban J connectivity index is 1.81. The molecule has 0 heterocycles. The van der Waals surface area contributed by atoms with E-state index in [1.54, 1.807) is 18.2 Å². The second-order valence-corrected chi connectivity index (χ2v) is 6.49. The van der Waals surface area contributed by atoms with Crippen molar-refractivity contribution < 1.29 is 19.1 Å². The van der Waals surface area contributed by atoms with Crippen molar-refractivity contribution in [3.05, 3.63) is 54.1 Å². The van der Waals surface area contributed by atoms with Crippen LogP contribution in [0.2, 0.25) is 0 Å². The number of hydrogen-bond donors (Lipinski definition) is 2. The van der Waals surface area contributed by atoms with Gasteiger partial charge >= 0.3 is 6.03 Å². The van der Waals surface area contributed by atoms with Gasteiger partial charge in [-0.15, -0.1) is 11.8 Å². The van der Waals surface area contributed by atoms with Crippen LogP contribution in [0.5, 0.6) is 11.5 Å². The summed E-state index contributed by atoms with van der Waals surface area (Å²) in [4.78, 5) is 23.9. The van der Waals surface area contributed by atoms with Crippen LogP contribution >= 0.6 is 11.8 Å². The highest BCUT2D eigenvalue weighted by atomic mass is 32.2. The summed E-state index contributed by atoms with van der Waals surface area (Å²) in [6.07, 6.45) is 0. The normalized spacial score (nSPS) is 10.1. The first-order valence-corrected chi connectivity index (χ1v) is 9.90. The van der Waals surface area contributed by atoms with Crippen molar-refractivity contribution in [3.63, 3.8) is 0 Å². The summed E-state index contributed by atoms with van der Waals surface area (Å²) in [6, 6.07) is 14.4. The van der Waals surface area contributed by atoms with Crippen LogP contribution in [0.3, 0.4) is 0 Å². The number of amides is 3. The molecular formula is C20H24N2O4S. The van der Waals surface area contributed by atoms with Gasteiger partial charge in [0, 0.05) is 17.5 Å². The molecule has 6 nitrogen and oxygen atoms in total. The van der Waals surface area contributed by atoms with Crippen molar-refractivity contribution in [1.82, 2.24) is 5.32 Å². The van der Waals surface area contributed by atoms with Crippen LogP contribution < -0.4 is 20.1 Å². The number of imide groups is 1. The first-order valence-electron chi connectivity index (χ1n) is 8.74. The van der Waals surface area contributed by atoms with Gasteiger partial charge in [0.2, 0.25) is 5.91 Å². The van der Waals surface area contributed by atoms with Crippen LogP contribution in [-0.2, 0) is 10.5 Å². The average Bonchev–Trinajstić information content (AvgIpc) is 2.65. The molecule has 0 fully saturated rings. The van der Waals surface area contributed by atoms with E-state index >= 15 is 0 Å². The zero-order valence-corrected chi connectivity index (χ0v) is 16.3. The number of benzene rings is 2. The van der Waals surface area contributed by atoms with Crippen LogP contribution in [0.15, 0.2) is 48.5 Å². The largest absolute Gasteiger partial charge is 0.490 e. The summed E-state index contributed by atoms with van der Waals surface area (Å²) < 4.78 is 11.0. The molecule has 2 N–H and O–H groups in total. The quantitative estimate of drug-likeness (QED) is 0.677. The van der Waals surface area contributed by atoms with Crippen molar-refractivity contribution in [3.8, 4) is 11.5 Å². The van der Waals surface area contributed by atoms with Gasteiger partial charge in [-0.05, 0) is 31.5 Å². The topological polar surface area (TPSA) is 76.7 Å². The van der Waals surface area contributed by atoms with Crippen LogP contribution in [-0.4, -0.2) is 30.9 Å². The molecule has 27 heavy (non-hydrogen) atoms. The van der Waals surface area contributed by atoms with Gasteiger partial charge in [-0.25, -0.2) is 4.79 Å². The molecule has 0 aromatic heterocycles. The van der Waals surface area contributed by atoms with Crippen LogP contribution in [0.25, 0.3) is 0 Å². The summed E-state index contributed by atoms with van der Waals surface area (Å²) >= 11 is 1.45. The van der Waals surface area contributed by atoms with Gasteiger partial charge in [0.25, 0.3) is 0 Å². The van der Waals surface area contributed by atoms with E-state index in [2.05, 4.69) is 10.6 Å². The molecule has 7 heteroatoms. The van der Waals surface area contributed by atoms with Gasteiger partial charge in [-0.1, -0.05) is 30.3 Å². The number of rotatable bonds is 9. The zero-order valence-electron chi connectivity index (χ0n) is 15.5. The molecule has 0 spiro atoms. The zero-order chi connectivity index (χ0) is 19.5. The Morgan fingerprint density at radius 1 is 0.963 bits per heavy atom. The van der Waals surface area contributed by atoms with Crippen LogP contribution in [0.1, 0.15) is 19.4 Å². The SMILES string of the molecule is CCOc1ccc(NC(=O)NC(=O)CSCc2ccccc2)cc1OCC. The predicted octanol–water partition coefficient (Wildman–Crippen LogP) is 4.07. The van der Waals surface area contributed by atoms with Gasteiger partial charge in [-0.2, -0.15) is 0 Å². The van der Waals surface area contributed by atoms with Crippen LogP contribution in [0.4, 0.5) is 10.5 Å². The number of anilines is 1. The maximum absolute atomic E-state index is 12.0. The highest BCUT2D eigenvalue weighted by molar-refractivity contribution is 7.99. The third-order valence-electron chi connectivity index (χ3n) is 3.40. The number of thioether (sulfide) groups is 1. The van der Waals surface area contributed by atoms with E-state index in [0.717, 1.165) is 5.56 Å². The first kappa shape index (κ1) is 20.6. The van der Waals surface area contributed by atoms with Gasteiger partial charge in [0.1, 0.15) is 0 Å². The lowest BCUT2D eigenvalue weighted by molar-refractivity contribution is -0.117. The second-order valence-electron chi connectivity index (χ2n) is 5.51. The van der Waals surface area contributed by atoms with Crippen molar-refractivity contribution in [1.29, 1.82) is 0 Å². The summed E-state index contributed by atoms with van der Waals surface area (Å²) in [5.41, 5.74) is 1.65. The number of carbonyl (C=O) groups excluding carboxylic acids is 2. The Morgan fingerprint density at radius 2 is 1.67 bits per heavy atom. The van der Waals surface area contributed by atoms with E-state index in [1.165, 1.54) is 11.8 Å². The van der Waals surface area contributed by atoms with E-state index in [9.17, 15) is 9.59 Å². The lowest BCUT2D eigenvalue weighted by atomic mass is 10.2. The summed E-state index contributed by atoms with van der Waals surface area (Å²) in [6.45, 7) is 4.75. The minimum Gasteiger partial charge on any atom is -0.490 e. The van der Waals surface area contributed by atoms with E-state index in [1.807, 2.05) is 44.2 Å². The summed E-state index contributed by atoms with van der Waals surface area (Å²) in [5.74, 6) is 1.73. The van der Waals surface area contributed by atoms with Crippen molar-refractivity contribution in [2.45, 2.75) is 19.6 Å². The fraction of sp³-hybridized carbons (Fsp3) is 0.300. The number of nitrogens with one attached hydrogen (secondary N) is 2. The standard InChI is InChI=1S/C20H24N2O4S/c1-3-25-17-11-10-16(12-18(17)26-4-2)21-20(24)22-19(23)14-27-13-15-8-6-5-7-9-15/h5-12H,3-4,13-14H2,1-2H3,(H2,21,22,23,24). The van der Waals surface area contributed by atoms with E-state index in [4.69, 9.17) is 9.47 Å². The molecule has 0 bridgehead atoms. The molecule has 2 rings (SSSR count). The smallest absolute Gasteiger partial charge is 0.325 e. The second kappa shape index (κ2) is 11.1. The molecular weight excluding hydrogens is 364 g/mol. The van der Waals surface area contributed by atoms with E-state index < -0.39 is 6.03 Å². The summed E-state index contributed by atoms with van der Waals surface area (Å²) in [5, 5.41) is 4.96. The lowest BCUT2D eigenvalue weighted by Gasteiger charge is -2.13. The number of hydrogen-bond acceptors (Lipinski definition) is 5.